The Hall–Kier alpha value is -0.120. The Morgan fingerprint density at radius 3 is 0.676 bits per heavy atom. The third-order valence-electron chi connectivity index (χ3n) is 8.56. The van der Waals surface area contributed by atoms with Gasteiger partial charge in [0.05, 0.1) is 0 Å². The smallest absolute Gasteiger partial charge is 0.0275 e. The summed E-state index contributed by atoms with van der Waals surface area (Å²) in [6.45, 7) is 9.88. The molecule has 0 aromatic carbocycles. The van der Waals surface area contributed by atoms with E-state index in [-0.39, 0.29) is 5.48 Å². The van der Waals surface area contributed by atoms with Crippen LogP contribution in [-0.4, -0.2) is 41.7 Å². The normalized spacial score (nSPS) is 14.1. The van der Waals surface area contributed by atoms with Gasteiger partial charge in [0.1, 0.15) is 0 Å². The van der Waals surface area contributed by atoms with E-state index < -0.39 is 0 Å². The molecule has 0 amide bonds. The highest BCUT2D eigenvalue weighted by molar-refractivity contribution is 4.70. The van der Waals surface area contributed by atoms with Crippen molar-refractivity contribution < 1.29 is 5.48 Å². The van der Waals surface area contributed by atoms with E-state index in [1.165, 1.54) is 206 Å². The van der Waals surface area contributed by atoms with Gasteiger partial charge in [-0.15, -0.1) is 0 Å². The van der Waals surface area contributed by atoms with Gasteiger partial charge in [-0.2, -0.15) is 0 Å². The Kier molecular flexibility index (Phi) is 30.3. The quantitative estimate of drug-likeness (QED) is 0.0876. The molecule has 3 heteroatoms. The first-order chi connectivity index (χ1) is 17.9. The van der Waals surface area contributed by atoms with Crippen molar-refractivity contribution in [2.24, 2.45) is 0 Å². The SMILES string of the molecule is CCCCCCCCCCCCCCCCN1CCN1CCCCCCCCCCCCCCCC.O. The van der Waals surface area contributed by atoms with Gasteiger partial charge in [0.25, 0.3) is 0 Å². The third kappa shape index (κ3) is 24.6. The number of hydrogen-bond acceptors (Lipinski definition) is 2. The average molecular weight is 525 g/mol. The van der Waals surface area contributed by atoms with Crippen molar-refractivity contribution in [1.82, 2.24) is 10.0 Å². The van der Waals surface area contributed by atoms with Gasteiger partial charge in [0.2, 0.25) is 0 Å². The van der Waals surface area contributed by atoms with Crippen molar-refractivity contribution in [3.05, 3.63) is 0 Å². The Morgan fingerprint density at radius 1 is 0.297 bits per heavy atom. The van der Waals surface area contributed by atoms with Crippen LogP contribution in [0, 0.1) is 0 Å². The summed E-state index contributed by atoms with van der Waals surface area (Å²) in [6.07, 6.45) is 40.8. The fraction of sp³-hybridized carbons (Fsp3) is 1.00. The monoisotopic (exact) mass is 525 g/mol. The van der Waals surface area contributed by atoms with E-state index in [0.29, 0.717) is 0 Å². The third-order valence-corrected chi connectivity index (χ3v) is 8.56. The highest BCUT2D eigenvalue weighted by Crippen LogP contribution is 2.17. The van der Waals surface area contributed by atoms with Crippen LogP contribution in [0.25, 0.3) is 0 Å². The molecule has 37 heavy (non-hydrogen) atoms. The molecule has 0 aliphatic carbocycles. The molecule has 0 spiro atoms. The zero-order valence-corrected chi connectivity index (χ0v) is 26.0. The second-order valence-corrected chi connectivity index (χ2v) is 12.1. The van der Waals surface area contributed by atoms with Gasteiger partial charge in [0.15, 0.2) is 0 Å². The standard InChI is InChI=1S/C34H70N2.H2O/c1-3-5-7-9-11-13-15-17-19-21-23-25-27-29-31-35-33-34-36(35)32-30-28-26-24-22-20-18-16-14-12-10-8-6-4-2;/h3-34H2,1-2H3;1H2. The molecule has 1 saturated heterocycles. The van der Waals surface area contributed by atoms with Crippen molar-refractivity contribution in [3.8, 4) is 0 Å². The van der Waals surface area contributed by atoms with Gasteiger partial charge in [-0.1, -0.05) is 181 Å². The van der Waals surface area contributed by atoms with Crippen molar-refractivity contribution in [2.45, 2.75) is 194 Å². The second-order valence-electron chi connectivity index (χ2n) is 12.1. The van der Waals surface area contributed by atoms with Crippen molar-refractivity contribution in [2.75, 3.05) is 26.2 Å². The van der Waals surface area contributed by atoms with Gasteiger partial charge in [-0.25, -0.2) is 10.0 Å². The van der Waals surface area contributed by atoms with Crippen LogP contribution in [-0.2, 0) is 0 Å². The maximum absolute atomic E-state index is 2.64. The minimum absolute atomic E-state index is 0. The summed E-state index contributed by atoms with van der Waals surface area (Å²) < 4.78 is 0. The first-order valence-corrected chi connectivity index (χ1v) is 17.4. The van der Waals surface area contributed by atoms with Gasteiger partial charge in [-0.05, 0) is 12.8 Å². The minimum atomic E-state index is 0. The van der Waals surface area contributed by atoms with Crippen LogP contribution in [0.2, 0.25) is 0 Å². The molecule has 0 atom stereocenters. The lowest BCUT2D eigenvalue weighted by atomic mass is 10.0. The molecule has 1 fully saturated rings. The molecule has 224 valence electrons. The summed E-state index contributed by atoms with van der Waals surface area (Å²) >= 11 is 0. The Bertz CT molecular complexity index is 379. The molecule has 1 aliphatic heterocycles. The lowest BCUT2D eigenvalue weighted by Crippen LogP contribution is -2.57. The molecular weight excluding hydrogens is 452 g/mol. The lowest BCUT2D eigenvalue weighted by Gasteiger charge is -2.44. The molecule has 0 aromatic heterocycles. The van der Waals surface area contributed by atoms with Crippen LogP contribution in [0.5, 0.6) is 0 Å². The van der Waals surface area contributed by atoms with Crippen molar-refractivity contribution in [3.63, 3.8) is 0 Å². The van der Waals surface area contributed by atoms with E-state index in [9.17, 15) is 0 Å². The highest BCUT2D eigenvalue weighted by atomic mass is 16.0. The fourth-order valence-electron chi connectivity index (χ4n) is 5.87. The van der Waals surface area contributed by atoms with E-state index in [1.807, 2.05) is 0 Å². The Labute approximate surface area is 235 Å². The zero-order valence-electron chi connectivity index (χ0n) is 26.0. The van der Waals surface area contributed by atoms with Crippen LogP contribution in [0.3, 0.4) is 0 Å². The minimum Gasteiger partial charge on any atom is -0.412 e. The fourth-order valence-corrected chi connectivity index (χ4v) is 5.87. The molecule has 0 saturated carbocycles. The van der Waals surface area contributed by atoms with Crippen LogP contribution < -0.4 is 0 Å². The topological polar surface area (TPSA) is 38.0 Å². The zero-order chi connectivity index (χ0) is 25.8. The maximum Gasteiger partial charge on any atom is 0.0275 e. The van der Waals surface area contributed by atoms with Gasteiger partial charge in [-0.3, -0.25) is 0 Å². The number of hydrazine groups is 1. The summed E-state index contributed by atoms with van der Waals surface area (Å²) in [5, 5.41) is 5.28. The summed E-state index contributed by atoms with van der Waals surface area (Å²) in [4.78, 5) is 0. The number of hydrogen-bond donors (Lipinski definition) is 0. The summed E-state index contributed by atoms with van der Waals surface area (Å²) in [6, 6.07) is 0. The molecule has 0 aromatic rings. The number of unbranched alkanes of at least 4 members (excludes halogenated alkanes) is 26. The van der Waals surface area contributed by atoms with Crippen LogP contribution in [0.4, 0.5) is 0 Å². The Balaban J connectivity index is 0.0000130. The van der Waals surface area contributed by atoms with E-state index in [0.717, 1.165) is 0 Å². The van der Waals surface area contributed by atoms with Gasteiger partial charge >= 0.3 is 0 Å². The lowest BCUT2D eigenvalue weighted by molar-refractivity contribution is -0.112. The molecule has 1 rings (SSSR count). The predicted octanol–water partition coefficient (Wildman–Crippen LogP) is 10.7. The summed E-state index contributed by atoms with van der Waals surface area (Å²) in [5.41, 5.74) is 0. The first kappa shape index (κ1) is 36.9. The van der Waals surface area contributed by atoms with Crippen LogP contribution in [0.15, 0.2) is 0 Å². The van der Waals surface area contributed by atoms with Crippen LogP contribution >= 0.6 is 0 Å². The largest absolute Gasteiger partial charge is 0.412 e. The molecular formula is C34H72N2O. The van der Waals surface area contributed by atoms with Crippen molar-refractivity contribution in [1.29, 1.82) is 0 Å². The van der Waals surface area contributed by atoms with Gasteiger partial charge in [0, 0.05) is 26.2 Å². The number of rotatable bonds is 30. The van der Waals surface area contributed by atoms with Crippen molar-refractivity contribution >= 4 is 0 Å². The second kappa shape index (κ2) is 30.4. The highest BCUT2D eigenvalue weighted by Gasteiger charge is 2.23. The van der Waals surface area contributed by atoms with Crippen LogP contribution in [0.1, 0.15) is 194 Å². The summed E-state index contributed by atoms with van der Waals surface area (Å²) in [5.74, 6) is 0. The maximum atomic E-state index is 2.64. The average Bonchev–Trinajstić information content (AvgIpc) is 2.88. The predicted molar refractivity (Wildman–Crippen MR) is 167 cm³/mol. The molecule has 2 N–H and O–H groups in total. The number of nitrogens with zero attached hydrogens (tertiary/aromatic N) is 2. The molecule has 1 heterocycles. The van der Waals surface area contributed by atoms with E-state index in [2.05, 4.69) is 23.9 Å². The molecule has 0 bridgehead atoms. The van der Waals surface area contributed by atoms with Gasteiger partial charge < -0.3 is 5.48 Å². The molecule has 0 radical (unpaired) electrons. The van der Waals surface area contributed by atoms with E-state index in [4.69, 9.17) is 0 Å². The first-order valence-electron chi connectivity index (χ1n) is 17.4. The molecule has 1 aliphatic rings. The molecule has 0 unspecified atom stereocenters. The molecule has 3 nitrogen and oxygen atoms in total. The Morgan fingerprint density at radius 2 is 0.486 bits per heavy atom. The van der Waals surface area contributed by atoms with E-state index >= 15 is 0 Å². The summed E-state index contributed by atoms with van der Waals surface area (Å²) in [7, 11) is 0. The van der Waals surface area contributed by atoms with E-state index in [1.54, 1.807) is 0 Å².